The monoisotopic (exact) mass is 630 g/mol. The number of non-ortho nitro benzene ring substituents is 2. The lowest BCUT2D eigenvalue weighted by Gasteiger charge is -2.16. The van der Waals surface area contributed by atoms with Gasteiger partial charge >= 0.3 is 11.9 Å². The number of hydrogen-bond donors (Lipinski definition) is 0. The lowest BCUT2D eigenvalue weighted by Crippen LogP contribution is -2.26. The van der Waals surface area contributed by atoms with Gasteiger partial charge < -0.3 is 9.47 Å². The number of nitrogens with zero attached hydrogens (tertiary/aromatic N) is 6. The second-order valence-corrected chi connectivity index (χ2v) is 8.53. The Hall–Kier alpha value is -7.00. The molecule has 0 aliphatic carbocycles. The minimum atomic E-state index is -2.07. The van der Waals surface area contributed by atoms with Crippen molar-refractivity contribution >= 4 is 46.1 Å². The number of carbonyl (C=O) groups is 2. The summed E-state index contributed by atoms with van der Waals surface area (Å²) in [5, 5.41) is 68.3. The smallest absolute Gasteiger partial charge is 0.325 e. The van der Waals surface area contributed by atoms with Gasteiger partial charge in [0.15, 0.2) is 5.92 Å². The third kappa shape index (κ3) is 7.26. The van der Waals surface area contributed by atoms with Gasteiger partial charge in [0.1, 0.15) is 24.3 Å². The van der Waals surface area contributed by atoms with Gasteiger partial charge in [-0.1, -0.05) is 30.3 Å². The molecular formula is C23H14N6O16. The summed E-state index contributed by atoms with van der Waals surface area (Å²) >= 11 is 0. The quantitative estimate of drug-likeness (QED) is 0.112. The minimum Gasteiger partial charge on any atom is -0.459 e. The summed E-state index contributed by atoms with van der Waals surface area (Å²) in [7, 11) is 0. The van der Waals surface area contributed by atoms with Crippen LogP contribution in [0.4, 0.5) is 34.1 Å². The van der Waals surface area contributed by atoms with Crippen LogP contribution in [0.15, 0.2) is 54.6 Å². The van der Waals surface area contributed by atoms with E-state index in [2.05, 4.69) is 0 Å². The van der Waals surface area contributed by atoms with Crippen molar-refractivity contribution in [3.05, 3.63) is 132 Å². The van der Waals surface area contributed by atoms with E-state index in [1.165, 1.54) is 30.3 Å². The van der Waals surface area contributed by atoms with E-state index in [0.29, 0.717) is 24.3 Å². The molecule has 232 valence electrons. The molecule has 3 rings (SSSR count). The molecule has 0 aliphatic rings. The molecule has 0 saturated carbocycles. The molecule has 0 aliphatic heterocycles. The maximum absolute atomic E-state index is 13.1. The Kier molecular flexibility index (Phi) is 9.62. The van der Waals surface area contributed by atoms with Crippen molar-refractivity contribution in [1.82, 2.24) is 0 Å². The first-order chi connectivity index (χ1) is 21.1. The predicted molar refractivity (Wildman–Crippen MR) is 142 cm³/mol. The normalized spacial score (nSPS) is 10.5. The van der Waals surface area contributed by atoms with Crippen LogP contribution in [0, 0.1) is 60.7 Å². The number of nitro benzene ring substituents is 6. The summed E-state index contributed by atoms with van der Waals surface area (Å²) < 4.78 is 9.91. The number of hydrogen-bond acceptors (Lipinski definition) is 16. The van der Waals surface area contributed by atoms with Crippen LogP contribution in [0.5, 0.6) is 0 Å². The second-order valence-electron chi connectivity index (χ2n) is 8.53. The highest BCUT2D eigenvalue weighted by Gasteiger charge is 2.37. The van der Waals surface area contributed by atoms with Crippen LogP contribution in [0.2, 0.25) is 0 Å². The summed E-state index contributed by atoms with van der Waals surface area (Å²) in [5.41, 5.74) is -8.52. The predicted octanol–water partition coefficient (Wildman–Crippen LogP) is 3.71. The molecule has 0 amide bonds. The summed E-state index contributed by atoms with van der Waals surface area (Å²) in [4.78, 5) is 87.5. The van der Waals surface area contributed by atoms with Crippen molar-refractivity contribution in [3.8, 4) is 0 Å². The minimum absolute atomic E-state index is 0.145. The third-order valence-electron chi connectivity index (χ3n) is 5.91. The van der Waals surface area contributed by atoms with Crippen molar-refractivity contribution < 1.29 is 48.6 Å². The van der Waals surface area contributed by atoms with Crippen molar-refractivity contribution in [1.29, 1.82) is 0 Å². The SMILES string of the molecule is O=C(OCc1c([N+](=O)[O-])cc([N+](=O)[O-])cc1[N+](=O)[O-])C(C(=O)OCc1c([N+](=O)[O-])cc([N+](=O)[O-])cc1[N+](=O)[O-])c1ccccc1. The van der Waals surface area contributed by atoms with Crippen molar-refractivity contribution in [3.63, 3.8) is 0 Å². The summed E-state index contributed by atoms with van der Waals surface area (Å²) in [6.45, 7) is -2.47. The Morgan fingerprint density at radius 3 is 1.11 bits per heavy atom. The Bertz CT molecular complexity index is 1600. The van der Waals surface area contributed by atoms with Gasteiger partial charge in [-0.25, -0.2) is 0 Å². The van der Waals surface area contributed by atoms with E-state index in [0.717, 1.165) is 0 Å². The van der Waals surface area contributed by atoms with E-state index in [1.807, 2.05) is 0 Å². The molecule has 45 heavy (non-hydrogen) atoms. The van der Waals surface area contributed by atoms with Gasteiger partial charge in [-0.2, -0.15) is 0 Å². The van der Waals surface area contributed by atoms with E-state index in [-0.39, 0.29) is 5.56 Å². The van der Waals surface area contributed by atoms with Crippen molar-refractivity contribution in [2.75, 3.05) is 0 Å². The molecule has 0 spiro atoms. The fourth-order valence-electron chi connectivity index (χ4n) is 3.88. The number of ether oxygens (including phenoxy) is 2. The van der Waals surface area contributed by atoms with Gasteiger partial charge in [-0.05, 0) is 5.56 Å². The van der Waals surface area contributed by atoms with E-state index < -0.39 is 106 Å². The van der Waals surface area contributed by atoms with E-state index >= 15 is 0 Å². The standard InChI is InChI=1S/C23H14N6O16/c30-22(44-10-15-17(26(36)37)6-13(24(32)33)7-18(15)27(38)39)21(12-4-2-1-3-5-12)23(31)45-11-16-19(28(40)41)8-14(25(34)35)9-20(16)29(42)43/h1-9,21H,10-11H2. The first kappa shape index (κ1) is 32.5. The van der Waals surface area contributed by atoms with Gasteiger partial charge in [0.05, 0.1) is 53.8 Å². The molecule has 0 radical (unpaired) electrons. The molecule has 0 saturated heterocycles. The van der Waals surface area contributed by atoms with Crippen LogP contribution in [0.1, 0.15) is 22.6 Å². The molecule has 3 aromatic rings. The Balaban J connectivity index is 1.99. The van der Waals surface area contributed by atoms with E-state index in [4.69, 9.17) is 9.47 Å². The molecule has 0 aromatic heterocycles. The molecular weight excluding hydrogens is 616 g/mol. The first-order valence-electron chi connectivity index (χ1n) is 11.7. The molecule has 0 bridgehead atoms. The second kappa shape index (κ2) is 13.3. The van der Waals surface area contributed by atoms with Crippen LogP contribution in [0.3, 0.4) is 0 Å². The highest BCUT2D eigenvalue weighted by Crippen LogP contribution is 2.36. The van der Waals surface area contributed by atoms with Gasteiger partial charge in [0.25, 0.3) is 34.1 Å². The molecule has 22 nitrogen and oxygen atoms in total. The van der Waals surface area contributed by atoms with E-state index in [9.17, 15) is 70.3 Å². The molecule has 3 aromatic carbocycles. The maximum Gasteiger partial charge on any atom is 0.325 e. The van der Waals surface area contributed by atoms with Gasteiger partial charge in [0, 0.05) is 0 Å². The maximum atomic E-state index is 13.1. The average Bonchev–Trinajstić information content (AvgIpc) is 2.98. The number of rotatable bonds is 13. The molecule has 0 N–H and O–H groups in total. The largest absolute Gasteiger partial charge is 0.459 e. The number of benzene rings is 3. The lowest BCUT2D eigenvalue weighted by atomic mass is 9.99. The molecule has 0 atom stereocenters. The fraction of sp³-hybridized carbons (Fsp3) is 0.130. The number of esters is 2. The van der Waals surface area contributed by atoms with Crippen molar-refractivity contribution in [2.24, 2.45) is 0 Å². The highest BCUT2D eigenvalue weighted by atomic mass is 16.7. The summed E-state index contributed by atoms with van der Waals surface area (Å²) in [6, 6.07) is 8.15. The zero-order valence-electron chi connectivity index (χ0n) is 21.9. The Morgan fingerprint density at radius 2 is 0.844 bits per heavy atom. The van der Waals surface area contributed by atoms with Crippen LogP contribution in [0.25, 0.3) is 0 Å². The highest BCUT2D eigenvalue weighted by molar-refractivity contribution is 6.00. The molecule has 0 heterocycles. The Labute approximate surface area is 246 Å². The molecule has 0 fully saturated rings. The molecule has 22 heteroatoms. The number of nitro groups is 6. The topological polar surface area (TPSA) is 311 Å². The average molecular weight is 630 g/mol. The van der Waals surface area contributed by atoms with Crippen LogP contribution < -0.4 is 0 Å². The van der Waals surface area contributed by atoms with Crippen LogP contribution in [-0.4, -0.2) is 41.5 Å². The zero-order chi connectivity index (χ0) is 33.6. The first-order valence-corrected chi connectivity index (χ1v) is 11.7. The van der Waals surface area contributed by atoms with Crippen molar-refractivity contribution in [2.45, 2.75) is 19.1 Å². The van der Waals surface area contributed by atoms with E-state index in [1.54, 1.807) is 0 Å². The summed E-state index contributed by atoms with van der Waals surface area (Å²) in [5.74, 6) is -5.12. The van der Waals surface area contributed by atoms with Gasteiger partial charge in [-0.15, -0.1) is 0 Å². The number of carbonyl (C=O) groups excluding carboxylic acids is 2. The van der Waals surface area contributed by atoms with Crippen LogP contribution in [-0.2, 0) is 32.3 Å². The fourth-order valence-corrected chi connectivity index (χ4v) is 3.88. The zero-order valence-corrected chi connectivity index (χ0v) is 21.9. The van der Waals surface area contributed by atoms with Crippen LogP contribution >= 0.6 is 0 Å². The summed E-state index contributed by atoms with van der Waals surface area (Å²) in [6.07, 6.45) is 0. The Morgan fingerprint density at radius 1 is 0.533 bits per heavy atom. The van der Waals surface area contributed by atoms with Gasteiger partial charge in [-0.3, -0.25) is 70.3 Å². The molecule has 0 unspecified atom stereocenters. The third-order valence-corrected chi connectivity index (χ3v) is 5.91. The van der Waals surface area contributed by atoms with Gasteiger partial charge in [0.2, 0.25) is 0 Å². The lowest BCUT2D eigenvalue weighted by molar-refractivity contribution is -0.404.